The molecule has 2 aromatic carbocycles. The Labute approximate surface area is 198 Å². The molecule has 1 aromatic heterocycles. The van der Waals surface area contributed by atoms with Gasteiger partial charge in [0, 0.05) is 21.6 Å². The summed E-state index contributed by atoms with van der Waals surface area (Å²) in [6, 6.07) is 18.0. The van der Waals surface area contributed by atoms with Gasteiger partial charge >= 0.3 is 0 Å². The first kappa shape index (κ1) is 24.4. The zero-order chi connectivity index (χ0) is 23.6. The predicted molar refractivity (Wildman–Crippen MR) is 130 cm³/mol. The number of hydrogen-bond acceptors (Lipinski definition) is 5. The molecule has 0 aliphatic rings. The Morgan fingerprint density at radius 1 is 0.970 bits per heavy atom. The molecule has 6 heteroatoms. The van der Waals surface area contributed by atoms with Crippen LogP contribution in [-0.2, 0) is 17.6 Å². The Bertz CT molecular complexity index is 1110. The minimum atomic E-state index is -1.15. The van der Waals surface area contributed by atoms with E-state index in [2.05, 4.69) is 46.8 Å². The summed E-state index contributed by atoms with van der Waals surface area (Å²) < 4.78 is 0. The van der Waals surface area contributed by atoms with Crippen LogP contribution in [0.5, 0.6) is 0 Å². The van der Waals surface area contributed by atoms with Gasteiger partial charge in [-0.1, -0.05) is 30.0 Å². The Kier molecular flexibility index (Phi) is 8.96. The van der Waals surface area contributed by atoms with Crippen molar-refractivity contribution in [3.63, 3.8) is 0 Å². The molecule has 3 rings (SSSR count). The topological polar surface area (TPSA) is 86.6 Å². The van der Waals surface area contributed by atoms with Crippen molar-refractivity contribution in [2.24, 2.45) is 0 Å². The number of aliphatic hydroxyl groups excluding tert-OH is 2. The smallest absolute Gasteiger partial charge is 0.251 e. The fourth-order valence-electron chi connectivity index (χ4n) is 3.32. The summed E-state index contributed by atoms with van der Waals surface area (Å²) in [7, 11) is 0. The monoisotopic (exact) mass is 461 g/mol. The third kappa shape index (κ3) is 7.40. The first-order valence-electron chi connectivity index (χ1n) is 10.8. The summed E-state index contributed by atoms with van der Waals surface area (Å²) in [6.07, 6.45) is 2.16. The first-order valence-corrected chi connectivity index (χ1v) is 11.7. The van der Waals surface area contributed by atoms with Crippen molar-refractivity contribution >= 4 is 23.0 Å². The lowest BCUT2D eigenvalue weighted by atomic mass is 10.1. The van der Waals surface area contributed by atoms with Gasteiger partial charge < -0.3 is 15.5 Å². The molecular weight excluding hydrogens is 434 g/mol. The number of nitrogens with one attached hydrogen (secondary N) is 1. The van der Waals surface area contributed by atoms with E-state index in [9.17, 15) is 14.7 Å². The van der Waals surface area contributed by atoms with Gasteiger partial charge in [0.05, 0.1) is 6.10 Å². The fraction of sp³-hybridized carbons (Fsp3) is 0.259. The lowest BCUT2D eigenvalue weighted by molar-refractivity contribution is -0.125. The largest absolute Gasteiger partial charge is 0.391 e. The summed E-state index contributed by atoms with van der Waals surface area (Å²) >= 11 is 1.80. The number of carbonyl (C=O) groups is 2. The van der Waals surface area contributed by atoms with Gasteiger partial charge in [-0.25, -0.2) is 0 Å². The summed E-state index contributed by atoms with van der Waals surface area (Å²) in [5, 5.41) is 23.2. The summed E-state index contributed by atoms with van der Waals surface area (Å²) in [5.41, 5.74) is 3.30. The zero-order valence-corrected chi connectivity index (χ0v) is 19.3. The van der Waals surface area contributed by atoms with Crippen LogP contribution in [0.1, 0.15) is 45.3 Å². The maximum atomic E-state index is 12.4. The summed E-state index contributed by atoms with van der Waals surface area (Å²) in [6.45, 7) is 0.634. The van der Waals surface area contributed by atoms with Gasteiger partial charge in [-0.3, -0.25) is 9.59 Å². The van der Waals surface area contributed by atoms with Gasteiger partial charge in [0.1, 0.15) is 12.6 Å². The number of amides is 1. The molecule has 3 N–H and O–H groups in total. The van der Waals surface area contributed by atoms with Crippen LogP contribution in [0.4, 0.5) is 0 Å². The molecule has 0 saturated heterocycles. The molecule has 0 aliphatic heterocycles. The van der Waals surface area contributed by atoms with E-state index in [-0.39, 0.29) is 0 Å². The van der Waals surface area contributed by atoms with Gasteiger partial charge in [-0.2, -0.15) is 0 Å². The van der Waals surface area contributed by atoms with Crippen molar-refractivity contribution in [2.75, 3.05) is 6.61 Å². The molecule has 0 saturated carbocycles. The van der Waals surface area contributed by atoms with Crippen molar-refractivity contribution in [3.05, 3.63) is 93.2 Å². The van der Waals surface area contributed by atoms with E-state index in [4.69, 9.17) is 5.11 Å². The number of aryl methyl sites for hydroxylation is 2. The molecule has 3 aromatic rings. The third-order valence-corrected chi connectivity index (χ3v) is 6.13. The van der Waals surface area contributed by atoms with Crippen LogP contribution in [0.3, 0.4) is 0 Å². The number of thiophene rings is 1. The maximum absolute atomic E-state index is 12.4. The van der Waals surface area contributed by atoms with Gasteiger partial charge in [-0.05, 0) is 79.6 Å². The van der Waals surface area contributed by atoms with E-state index < -0.39 is 30.4 Å². The molecule has 0 spiro atoms. The van der Waals surface area contributed by atoms with Crippen LogP contribution in [0.15, 0.2) is 66.0 Å². The SMILES string of the molecule is C[C@@H](O)[C@H](NC(=O)c1ccc(C#Cc2ccc(CCCc3cccs3)cc2)cc1)C(=O)CO. The lowest BCUT2D eigenvalue weighted by Gasteiger charge is -2.19. The fourth-order valence-corrected chi connectivity index (χ4v) is 4.07. The molecule has 0 aliphatic carbocycles. The summed E-state index contributed by atoms with van der Waals surface area (Å²) in [4.78, 5) is 25.4. The number of hydrogen-bond donors (Lipinski definition) is 3. The number of carbonyl (C=O) groups excluding carboxylic acids is 2. The molecular formula is C27H27NO4S. The van der Waals surface area contributed by atoms with E-state index in [1.54, 1.807) is 35.6 Å². The Balaban J connectivity index is 1.55. The Morgan fingerprint density at radius 2 is 1.61 bits per heavy atom. The number of rotatable bonds is 9. The Morgan fingerprint density at radius 3 is 2.15 bits per heavy atom. The minimum absolute atomic E-state index is 0.337. The first-order chi connectivity index (χ1) is 16.0. The van der Waals surface area contributed by atoms with E-state index in [0.29, 0.717) is 5.56 Å². The predicted octanol–water partition coefficient (Wildman–Crippen LogP) is 3.36. The molecule has 170 valence electrons. The average molecular weight is 462 g/mol. The minimum Gasteiger partial charge on any atom is -0.391 e. The molecule has 0 unspecified atom stereocenters. The van der Waals surface area contributed by atoms with Gasteiger partial charge in [0.25, 0.3) is 5.91 Å². The van der Waals surface area contributed by atoms with Gasteiger partial charge in [0.2, 0.25) is 0 Å². The quantitative estimate of drug-likeness (QED) is 0.427. The number of ketones is 1. The van der Waals surface area contributed by atoms with Crippen LogP contribution in [-0.4, -0.2) is 40.7 Å². The van der Waals surface area contributed by atoms with Crippen LogP contribution >= 0.6 is 11.3 Å². The van der Waals surface area contributed by atoms with Crippen molar-refractivity contribution < 1.29 is 19.8 Å². The second kappa shape index (κ2) is 12.1. The van der Waals surface area contributed by atoms with Crippen molar-refractivity contribution in [1.29, 1.82) is 0 Å². The number of benzene rings is 2. The molecule has 0 fully saturated rings. The van der Waals surface area contributed by atoms with E-state index in [1.807, 2.05) is 12.1 Å². The number of Topliss-reactive ketones (excluding diaryl/α,β-unsaturated/α-hetero) is 1. The van der Waals surface area contributed by atoms with Crippen molar-refractivity contribution in [1.82, 2.24) is 5.32 Å². The Hall–Kier alpha value is -3.24. The van der Waals surface area contributed by atoms with E-state index in [0.717, 1.165) is 30.4 Å². The molecule has 1 amide bonds. The van der Waals surface area contributed by atoms with Gasteiger partial charge in [-0.15, -0.1) is 11.3 Å². The van der Waals surface area contributed by atoms with Gasteiger partial charge in [0.15, 0.2) is 5.78 Å². The highest BCUT2D eigenvalue weighted by Crippen LogP contribution is 2.14. The van der Waals surface area contributed by atoms with Crippen LogP contribution in [0.25, 0.3) is 0 Å². The van der Waals surface area contributed by atoms with Crippen LogP contribution in [0, 0.1) is 11.8 Å². The van der Waals surface area contributed by atoms with E-state index in [1.165, 1.54) is 17.4 Å². The maximum Gasteiger partial charge on any atom is 0.251 e. The second-order valence-corrected chi connectivity index (χ2v) is 8.81. The molecule has 0 bridgehead atoms. The molecule has 2 atom stereocenters. The molecule has 5 nitrogen and oxygen atoms in total. The molecule has 33 heavy (non-hydrogen) atoms. The molecule has 1 heterocycles. The van der Waals surface area contributed by atoms with Crippen LogP contribution in [0.2, 0.25) is 0 Å². The van der Waals surface area contributed by atoms with Crippen molar-refractivity contribution in [2.45, 2.75) is 38.3 Å². The standard InChI is InChI=1S/C27H27NO4S/c1-19(30)26(25(31)18-29)28-27(32)23-15-13-22(14-16-23)12-11-21-9-7-20(8-10-21)4-2-5-24-6-3-17-33-24/h3,6-10,13-17,19,26,29-30H,2,4-5,18H2,1H3,(H,28,32)/t19-,26+/m1/s1. The number of aliphatic hydroxyl groups is 2. The third-order valence-electron chi connectivity index (χ3n) is 5.19. The lowest BCUT2D eigenvalue weighted by Crippen LogP contribution is -2.48. The highest BCUT2D eigenvalue weighted by atomic mass is 32.1. The second-order valence-electron chi connectivity index (χ2n) is 7.77. The zero-order valence-electron chi connectivity index (χ0n) is 18.5. The average Bonchev–Trinajstić information content (AvgIpc) is 3.35. The summed E-state index contributed by atoms with van der Waals surface area (Å²) in [5.74, 6) is 5.07. The highest BCUT2D eigenvalue weighted by Gasteiger charge is 2.25. The van der Waals surface area contributed by atoms with E-state index >= 15 is 0 Å². The van der Waals surface area contributed by atoms with Crippen LogP contribution < -0.4 is 5.32 Å². The molecule has 0 radical (unpaired) electrons. The normalized spacial score (nSPS) is 12.3. The highest BCUT2D eigenvalue weighted by molar-refractivity contribution is 7.09. The van der Waals surface area contributed by atoms with Crippen molar-refractivity contribution in [3.8, 4) is 11.8 Å².